The van der Waals surface area contributed by atoms with Crippen LogP contribution in [0.15, 0.2) is 30.3 Å². The van der Waals surface area contributed by atoms with E-state index in [0.717, 1.165) is 24.8 Å². The number of halogens is 2. The second kappa shape index (κ2) is 20.6. The van der Waals surface area contributed by atoms with E-state index in [1.807, 2.05) is 13.0 Å². The number of rotatable bonds is 18. The molecule has 6 atom stereocenters. The Balaban J connectivity index is 2.28. The minimum absolute atomic E-state index is 0.0372. The molecule has 0 saturated heterocycles. The van der Waals surface area contributed by atoms with E-state index in [9.17, 15) is 29.1 Å². The first kappa shape index (κ1) is 45.3. The number of esters is 1. The lowest BCUT2D eigenvalue weighted by Gasteiger charge is -2.35. The van der Waals surface area contributed by atoms with Gasteiger partial charge in [0.1, 0.15) is 36.4 Å². The molecule has 4 amide bonds. The van der Waals surface area contributed by atoms with Crippen molar-refractivity contribution in [3.8, 4) is 0 Å². The number of aliphatic hydroxyl groups excluding tert-OH is 1. The molecule has 1 aliphatic rings. The van der Waals surface area contributed by atoms with Crippen molar-refractivity contribution in [2.75, 3.05) is 0 Å². The van der Waals surface area contributed by atoms with E-state index < -0.39 is 89.3 Å². The predicted molar refractivity (Wildman–Crippen MR) is 196 cm³/mol. The predicted octanol–water partition coefficient (Wildman–Crippen LogP) is 5.40. The topological polar surface area (TPSA) is 172 Å². The van der Waals surface area contributed by atoms with E-state index in [4.69, 9.17) is 9.47 Å². The zero-order chi connectivity index (χ0) is 40.1. The summed E-state index contributed by atoms with van der Waals surface area (Å²) in [5, 5.41) is 20.9. The molecule has 0 aromatic heterocycles. The Morgan fingerprint density at radius 3 is 1.89 bits per heavy atom. The fourth-order valence-corrected chi connectivity index (χ4v) is 6.18. The van der Waals surface area contributed by atoms with Crippen LogP contribution in [0, 0.1) is 23.7 Å². The molecule has 0 unspecified atom stereocenters. The molecule has 0 heterocycles. The minimum atomic E-state index is -4.46. The SMILES string of the molecule is CC[C@H](C)[C@H](NC(=O)[C@@H](NC(=O)C(F)(F)[C@H](O)[C@H](CC1CCCCC1)NC(=O)[C@@H](NC(=O)OC(C)(C)C)C(C)C)C(C)C)C(=O)OCc1ccccc1. The molecule has 0 radical (unpaired) electrons. The van der Waals surface area contributed by atoms with Crippen molar-refractivity contribution in [3.63, 3.8) is 0 Å². The van der Waals surface area contributed by atoms with E-state index in [1.165, 1.54) is 0 Å². The third-order valence-electron chi connectivity index (χ3n) is 9.54. The highest BCUT2D eigenvalue weighted by atomic mass is 19.3. The monoisotopic (exact) mass is 752 g/mol. The summed E-state index contributed by atoms with van der Waals surface area (Å²) < 4.78 is 42.8. The lowest BCUT2D eigenvalue weighted by molar-refractivity contribution is -0.170. The van der Waals surface area contributed by atoms with Crippen LogP contribution in [-0.4, -0.2) is 76.7 Å². The van der Waals surface area contributed by atoms with Crippen LogP contribution in [0.2, 0.25) is 0 Å². The standard InChI is InChI=1S/C39H62F2N4O8/c1-10-25(6)31(35(49)52-22-27-19-15-12-16-20-27)43-34(48)29(23(2)3)44-36(50)39(40,41)32(46)28(21-26-17-13-11-14-18-26)42-33(47)30(24(4)5)45-37(51)53-38(7,8)9/h12,15-16,19-20,23-26,28-32,46H,10-11,13-14,17-18,21-22H2,1-9H3,(H,42,47)(H,43,48)(H,44,50)(H,45,51)/t25-,28-,29-,30-,31-,32+/m0/s1. The summed E-state index contributed by atoms with van der Waals surface area (Å²) in [7, 11) is 0. The number of amides is 4. The van der Waals surface area contributed by atoms with Crippen LogP contribution in [-0.2, 0) is 35.3 Å². The normalized spacial score (nSPS) is 17.5. The number of benzene rings is 1. The van der Waals surface area contributed by atoms with Crippen LogP contribution in [0.4, 0.5) is 13.6 Å². The molecule has 0 bridgehead atoms. The molecular formula is C39H62F2N4O8. The van der Waals surface area contributed by atoms with Crippen molar-refractivity contribution in [3.05, 3.63) is 35.9 Å². The second-order valence-electron chi connectivity index (χ2n) is 16.0. The lowest BCUT2D eigenvalue weighted by Crippen LogP contribution is -2.63. The number of aliphatic hydroxyl groups is 1. The molecule has 1 saturated carbocycles. The summed E-state index contributed by atoms with van der Waals surface area (Å²) in [6, 6.07) is 3.54. The van der Waals surface area contributed by atoms with Crippen LogP contribution in [0.3, 0.4) is 0 Å². The highest BCUT2D eigenvalue weighted by Gasteiger charge is 2.52. The van der Waals surface area contributed by atoms with Crippen LogP contribution >= 0.6 is 0 Å². The molecule has 53 heavy (non-hydrogen) atoms. The molecular weight excluding hydrogens is 690 g/mol. The average Bonchev–Trinajstić information content (AvgIpc) is 3.09. The van der Waals surface area contributed by atoms with Gasteiger partial charge in [-0.1, -0.05) is 110 Å². The van der Waals surface area contributed by atoms with Crippen molar-refractivity contribution >= 4 is 29.8 Å². The average molecular weight is 753 g/mol. The summed E-state index contributed by atoms with van der Waals surface area (Å²) in [4.78, 5) is 66.0. The fraction of sp³-hybridized carbons (Fsp3) is 0.718. The third kappa shape index (κ3) is 14.5. The van der Waals surface area contributed by atoms with E-state index >= 15 is 8.78 Å². The van der Waals surface area contributed by atoms with Gasteiger partial charge in [0.2, 0.25) is 11.8 Å². The molecule has 14 heteroatoms. The molecule has 1 aromatic rings. The quantitative estimate of drug-likeness (QED) is 0.124. The highest BCUT2D eigenvalue weighted by molar-refractivity contribution is 5.93. The summed E-state index contributed by atoms with van der Waals surface area (Å²) >= 11 is 0. The number of ether oxygens (including phenoxy) is 2. The fourth-order valence-electron chi connectivity index (χ4n) is 6.18. The highest BCUT2D eigenvalue weighted by Crippen LogP contribution is 2.32. The number of alkyl halides is 2. The summed E-state index contributed by atoms with van der Waals surface area (Å²) in [6.45, 7) is 14.9. The Kier molecular flexibility index (Phi) is 17.6. The van der Waals surface area contributed by atoms with Gasteiger partial charge in [-0.15, -0.1) is 0 Å². The number of alkyl carbamates (subject to hydrolysis) is 1. The van der Waals surface area contributed by atoms with E-state index in [2.05, 4.69) is 21.3 Å². The molecule has 1 aliphatic carbocycles. The van der Waals surface area contributed by atoms with Gasteiger partial charge in [-0.2, -0.15) is 8.78 Å². The first-order valence-electron chi connectivity index (χ1n) is 18.8. The smallest absolute Gasteiger partial charge is 0.408 e. The van der Waals surface area contributed by atoms with Crippen LogP contribution in [0.1, 0.15) is 113 Å². The molecule has 2 rings (SSSR count). The van der Waals surface area contributed by atoms with Crippen molar-refractivity contribution < 1.29 is 47.3 Å². The van der Waals surface area contributed by atoms with Gasteiger partial charge in [-0.3, -0.25) is 14.4 Å². The molecule has 12 nitrogen and oxygen atoms in total. The molecule has 1 fully saturated rings. The van der Waals surface area contributed by atoms with Gasteiger partial charge >= 0.3 is 18.0 Å². The first-order valence-corrected chi connectivity index (χ1v) is 18.8. The van der Waals surface area contributed by atoms with Gasteiger partial charge in [0.15, 0.2) is 0 Å². The Bertz CT molecular complexity index is 1350. The molecule has 5 N–H and O–H groups in total. The van der Waals surface area contributed by atoms with Crippen molar-refractivity contribution in [2.24, 2.45) is 23.7 Å². The molecule has 1 aromatic carbocycles. The van der Waals surface area contributed by atoms with Gasteiger partial charge in [0.05, 0.1) is 6.04 Å². The molecule has 0 spiro atoms. The molecule has 0 aliphatic heterocycles. The van der Waals surface area contributed by atoms with Crippen molar-refractivity contribution in [1.82, 2.24) is 21.3 Å². The lowest BCUT2D eigenvalue weighted by atomic mass is 9.82. The second-order valence-corrected chi connectivity index (χ2v) is 16.0. The zero-order valence-electron chi connectivity index (χ0n) is 32.8. The Labute approximate surface area is 313 Å². The van der Waals surface area contributed by atoms with E-state index in [-0.39, 0.29) is 18.9 Å². The minimum Gasteiger partial charge on any atom is -0.459 e. The van der Waals surface area contributed by atoms with Gasteiger partial charge < -0.3 is 35.8 Å². The van der Waals surface area contributed by atoms with Crippen LogP contribution in [0.5, 0.6) is 0 Å². The summed E-state index contributed by atoms with van der Waals surface area (Å²) in [5.41, 5.74) is -0.122. The Morgan fingerprint density at radius 2 is 1.36 bits per heavy atom. The van der Waals surface area contributed by atoms with Crippen molar-refractivity contribution in [2.45, 2.75) is 156 Å². The summed E-state index contributed by atoms with van der Waals surface area (Å²) in [5.74, 6) is -10.5. The Hall–Kier alpha value is -3.81. The maximum atomic E-state index is 16.0. The van der Waals surface area contributed by atoms with Gasteiger partial charge in [0, 0.05) is 0 Å². The zero-order valence-corrected chi connectivity index (χ0v) is 32.8. The number of carbonyl (C=O) groups excluding carboxylic acids is 5. The third-order valence-corrected chi connectivity index (χ3v) is 9.54. The van der Waals surface area contributed by atoms with Crippen molar-refractivity contribution in [1.29, 1.82) is 0 Å². The summed E-state index contributed by atoms with van der Waals surface area (Å²) in [6.07, 6.45) is 0.966. The molecule has 300 valence electrons. The van der Waals surface area contributed by atoms with Crippen LogP contribution in [0.25, 0.3) is 0 Å². The number of hydrogen-bond donors (Lipinski definition) is 5. The van der Waals surface area contributed by atoms with Gasteiger partial charge in [-0.25, -0.2) is 9.59 Å². The first-order chi connectivity index (χ1) is 24.7. The number of nitrogens with one attached hydrogen (secondary N) is 4. The van der Waals surface area contributed by atoms with Crippen LogP contribution < -0.4 is 21.3 Å². The Morgan fingerprint density at radius 1 is 0.811 bits per heavy atom. The largest absolute Gasteiger partial charge is 0.459 e. The van der Waals surface area contributed by atoms with E-state index in [1.54, 1.807) is 79.7 Å². The maximum Gasteiger partial charge on any atom is 0.408 e. The van der Waals surface area contributed by atoms with Gasteiger partial charge in [0.25, 0.3) is 5.91 Å². The van der Waals surface area contributed by atoms with E-state index in [0.29, 0.717) is 19.3 Å². The number of carbonyl (C=O) groups is 5. The maximum absolute atomic E-state index is 16.0. The van der Waals surface area contributed by atoms with Gasteiger partial charge in [-0.05, 0) is 56.4 Å². The number of hydrogen-bond acceptors (Lipinski definition) is 8.